The molecule has 0 aliphatic carbocycles. The Hall–Kier alpha value is -4.32. The highest BCUT2D eigenvalue weighted by Crippen LogP contribution is 2.19. The molecule has 0 atom stereocenters. The number of aliphatic hydroxyl groups is 1. The molecule has 2 aromatic heterocycles. The van der Waals surface area contributed by atoms with E-state index in [1.165, 1.54) is 4.57 Å². The fourth-order valence-corrected chi connectivity index (χ4v) is 3.05. The number of fused-ring (bicyclic) bond motifs is 2. The van der Waals surface area contributed by atoms with Gasteiger partial charge in [0, 0.05) is 6.54 Å². The molecule has 0 aliphatic heterocycles. The average molecular weight is 404 g/mol. The predicted molar refractivity (Wildman–Crippen MR) is 107 cm³/mol. The van der Waals surface area contributed by atoms with E-state index in [1.807, 2.05) is 12.1 Å². The third-order valence-corrected chi connectivity index (χ3v) is 4.51. The van der Waals surface area contributed by atoms with Crippen molar-refractivity contribution in [2.45, 2.75) is 13.0 Å². The van der Waals surface area contributed by atoms with E-state index in [1.54, 1.807) is 42.5 Å². The molecular weight excluding hydrogens is 388 g/mol. The lowest BCUT2D eigenvalue weighted by Gasteiger charge is -2.06. The fraction of sp³-hybridized carbons (Fsp3) is 0.143. The van der Waals surface area contributed by atoms with E-state index < -0.39 is 24.1 Å². The molecule has 0 bridgehead atoms. The zero-order valence-electron chi connectivity index (χ0n) is 15.7. The SMILES string of the molecule is N#CC(=C(O)COC(=O)CCn1c(=O)oc2ccccc21)c1nc2ccccc2[nH]1. The minimum atomic E-state index is -0.638. The van der Waals surface area contributed by atoms with Crippen LogP contribution < -0.4 is 5.76 Å². The zero-order valence-corrected chi connectivity index (χ0v) is 15.7. The molecule has 0 aliphatic rings. The van der Waals surface area contributed by atoms with Crippen molar-refractivity contribution in [2.24, 2.45) is 0 Å². The van der Waals surface area contributed by atoms with Crippen LogP contribution in [-0.2, 0) is 16.1 Å². The van der Waals surface area contributed by atoms with Crippen LogP contribution in [0.5, 0.6) is 0 Å². The van der Waals surface area contributed by atoms with E-state index in [0.29, 0.717) is 22.1 Å². The number of aromatic nitrogens is 3. The van der Waals surface area contributed by atoms with Gasteiger partial charge < -0.3 is 19.2 Å². The fourth-order valence-electron chi connectivity index (χ4n) is 3.05. The smallest absolute Gasteiger partial charge is 0.419 e. The minimum Gasteiger partial charge on any atom is -0.507 e. The second-order valence-electron chi connectivity index (χ2n) is 6.43. The predicted octanol–water partition coefficient (Wildman–Crippen LogP) is 2.90. The number of oxazole rings is 1. The number of rotatable bonds is 6. The van der Waals surface area contributed by atoms with Crippen LogP contribution in [0.25, 0.3) is 27.7 Å². The number of hydrogen-bond donors (Lipinski definition) is 2. The lowest BCUT2D eigenvalue weighted by Crippen LogP contribution is -2.18. The number of carbonyl (C=O) groups excluding carboxylic acids is 1. The molecule has 150 valence electrons. The second kappa shape index (κ2) is 7.97. The van der Waals surface area contributed by atoms with E-state index in [-0.39, 0.29) is 24.4 Å². The first-order valence-electron chi connectivity index (χ1n) is 9.08. The van der Waals surface area contributed by atoms with Crippen LogP contribution in [0.1, 0.15) is 12.2 Å². The van der Waals surface area contributed by atoms with Gasteiger partial charge in [-0.3, -0.25) is 9.36 Å². The summed E-state index contributed by atoms with van der Waals surface area (Å²) in [4.78, 5) is 31.2. The lowest BCUT2D eigenvalue weighted by molar-refractivity contribution is -0.143. The summed E-state index contributed by atoms with van der Waals surface area (Å²) in [6.45, 7) is -0.423. The third-order valence-electron chi connectivity index (χ3n) is 4.51. The molecule has 2 aromatic carbocycles. The normalized spacial score (nSPS) is 12.0. The third kappa shape index (κ3) is 3.66. The summed E-state index contributed by atoms with van der Waals surface area (Å²) in [6, 6.07) is 15.9. The highest BCUT2D eigenvalue weighted by atomic mass is 16.5. The minimum absolute atomic E-state index is 0.0633. The first-order valence-corrected chi connectivity index (χ1v) is 9.08. The number of esters is 1. The van der Waals surface area contributed by atoms with Crippen LogP contribution >= 0.6 is 0 Å². The van der Waals surface area contributed by atoms with Crippen LogP contribution in [0.3, 0.4) is 0 Å². The summed E-state index contributed by atoms with van der Waals surface area (Å²) in [6.07, 6.45) is -0.108. The van der Waals surface area contributed by atoms with Crippen molar-refractivity contribution in [2.75, 3.05) is 6.61 Å². The van der Waals surface area contributed by atoms with Gasteiger partial charge >= 0.3 is 11.7 Å². The Bertz CT molecular complexity index is 1340. The molecule has 30 heavy (non-hydrogen) atoms. The second-order valence-corrected chi connectivity index (χ2v) is 6.43. The number of nitrogens with one attached hydrogen (secondary N) is 1. The van der Waals surface area contributed by atoms with E-state index in [9.17, 15) is 20.0 Å². The van der Waals surface area contributed by atoms with Crippen molar-refractivity contribution in [3.05, 3.63) is 70.7 Å². The summed E-state index contributed by atoms with van der Waals surface area (Å²) in [7, 11) is 0. The Kier molecular flexibility index (Phi) is 5.05. The summed E-state index contributed by atoms with van der Waals surface area (Å²) in [5.74, 6) is -1.44. The zero-order chi connectivity index (χ0) is 21.1. The number of hydrogen-bond acceptors (Lipinski definition) is 7. The van der Waals surface area contributed by atoms with E-state index in [0.717, 1.165) is 0 Å². The van der Waals surface area contributed by atoms with Gasteiger partial charge in [0.1, 0.15) is 18.2 Å². The van der Waals surface area contributed by atoms with Crippen molar-refractivity contribution < 1.29 is 19.1 Å². The van der Waals surface area contributed by atoms with E-state index in [4.69, 9.17) is 9.15 Å². The summed E-state index contributed by atoms with van der Waals surface area (Å²) in [5, 5.41) is 19.6. The van der Waals surface area contributed by atoms with Gasteiger partial charge in [-0.05, 0) is 24.3 Å². The largest absolute Gasteiger partial charge is 0.507 e. The van der Waals surface area contributed by atoms with E-state index >= 15 is 0 Å². The van der Waals surface area contributed by atoms with Crippen molar-refractivity contribution in [1.29, 1.82) is 5.26 Å². The summed E-state index contributed by atoms with van der Waals surface area (Å²) < 4.78 is 11.5. The maximum absolute atomic E-state index is 12.1. The standard InChI is InChI=1S/C21H16N4O5/c22-11-13(20-23-14-5-1-2-6-15(14)24-20)17(26)12-29-19(27)9-10-25-16-7-3-4-8-18(16)30-21(25)28/h1-8,26H,9-10,12H2,(H,23,24). The summed E-state index contributed by atoms with van der Waals surface area (Å²) in [5.41, 5.74) is 2.25. The molecule has 0 amide bonds. The van der Waals surface area contributed by atoms with Crippen molar-refractivity contribution >= 4 is 33.7 Å². The number of benzene rings is 2. The van der Waals surface area contributed by atoms with Gasteiger partial charge in [0.15, 0.2) is 17.2 Å². The Morgan fingerprint density at radius 2 is 2.00 bits per heavy atom. The molecule has 0 radical (unpaired) electrons. The Labute approximate surface area is 169 Å². The number of H-pyrrole nitrogens is 1. The molecule has 0 saturated heterocycles. The van der Waals surface area contributed by atoms with Crippen molar-refractivity contribution in [3.63, 3.8) is 0 Å². The molecule has 4 rings (SSSR count). The van der Waals surface area contributed by atoms with Crippen LogP contribution in [0.2, 0.25) is 0 Å². The van der Waals surface area contributed by atoms with Crippen LogP contribution in [-0.4, -0.2) is 32.2 Å². The van der Waals surface area contributed by atoms with Gasteiger partial charge in [0.2, 0.25) is 0 Å². The number of imidazole rings is 1. The van der Waals surface area contributed by atoms with Gasteiger partial charge in [-0.25, -0.2) is 9.78 Å². The maximum atomic E-state index is 12.1. The van der Waals surface area contributed by atoms with Crippen molar-refractivity contribution in [3.8, 4) is 6.07 Å². The average Bonchev–Trinajstić information content (AvgIpc) is 3.31. The quantitative estimate of drug-likeness (QED) is 0.287. The number of para-hydroxylation sites is 4. The van der Waals surface area contributed by atoms with Gasteiger partial charge in [0.05, 0.1) is 23.0 Å². The van der Waals surface area contributed by atoms with Crippen molar-refractivity contribution in [1.82, 2.24) is 14.5 Å². The van der Waals surface area contributed by atoms with Gasteiger partial charge in [0.25, 0.3) is 0 Å². The highest BCUT2D eigenvalue weighted by Gasteiger charge is 2.16. The Balaban J connectivity index is 1.42. The number of nitriles is 1. The number of nitrogens with zero attached hydrogens (tertiary/aromatic N) is 3. The summed E-state index contributed by atoms with van der Waals surface area (Å²) >= 11 is 0. The Morgan fingerprint density at radius 1 is 1.23 bits per heavy atom. The molecule has 2 N–H and O–H groups in total. The highest BCUT2D eigenvalue weighted by molar-refractivity contribution is 5.83. The molecule has 9 heteroatoms. The first-order chi connectivity index (χ1) is 14.6. The molecular formula is C21H16N4O5. The molecule has 0 unspecified atom stereocenters. The lowest BCUT2D eigenvalue weighted by atomic mass is 10.2. The first kappa shape index (κ1) is 19.0. The number of ether oxygens (including phenoxy) is 1. The molecule has 0 saturated carbocycles. The van der Waals surface area contributed by atoms with E-state index in [2.05, 4.69) is 9.97 Å². The number of carbonyl (C=O) groups is 1. The number of aromatic amines is 1. The number of aryl methyl sites for hydroxylation is 1. The molecule has 0 spiro atoms. The topological polar surface area (TPSA) is 134 Å². The van der Waals surface area contributed by atoms with Crippen LogP contribution in [0, 0.1) is 11.3 Å². The van der Waals surface area contributed by atoms with Crippen LogP contribution in [0.4, 0.5) is 0 Å². The molecule has 0 fully saturated rings. The van der Waals surface area contributed by atoms with Gasteiger partial charge in [-0.1, -0.05) is 24.3 Å². The molecule has 9 nitrogen and oxygen atoms in total. The Morgan fingerprint density at radius 3 is 2.80 bits per heavy atom. The van der Waals surface area contributed by atoms with Crippen LogP contribution in [0.15, 0.2) is 63.5 Å². The molecule has 4 aromatic rings. The number of aliphatic hydroxyl groups excluding tert-OH is 1. The van der Waals surface area contributed by atoms with Gasteiger partial charge in [-0.2, -0.15) is 5.26 Å². The number of allylic oxidation sites excluding steroid dienone is 1. The maximum Gasteiger partial charge on any atom is 0.419 e. The molecule has 2 heterocycles. The van der Waals surface area contributed by atoms with Gasteiger partial charge in [-0.15, -0.1) is 0 Å². The monoisotopic (exact) mass is 404 g/mol.